The number of aryl methyl sites for hydroxylation is 2. The number of tetrazole rings is 1. The summed E-state index contributed by atoms with van der Waals surface area (Å²) in [6.45, 7) is 7.89. The lowest BCUT2D eigenvalue weighted by Gasteiger charge is -2.10. The Balaban J connectivity index is 1.59. The van der Waals surface area contributed by atoms with Gasteiger partial charge in [0.05, 0.1) is 6.54 Å². The lowest BCUT2D eigenvalue weighted by atomic mass is 10.0. The highest BCUT2D eigenvalue weighted by atomic mass is 16.1. The molecule has 8 heteroatoms. The van der Waals surface area contributed by atoms with E-state index in [1.165, 1.54) is 0 Å². The Morgan fingerprint density at radius 3 is 2.64 bits per heavy atom. The van der Waals surface area contributed by atoms with Crippen LogP contribution in [-0.2, 0) is 19.5 Å². The maximum absolute atomic E-state index is 13.1. The number of nitrogens with zero attached hydrogens (tertiary/aromatic N) is 6. The average molecular weight is 446 g/mol. The van der Waals surface area contributed by atoms with Gasteiger partial charge in [-0.2, -0.15) is 0 Å². The highest BCUT2D eigenvalue weighted by Crippen LogP contribution is 2.28. The molecule has 4 aromatic rings. The molecule has 0 aliphatic heterocycles. The van der Waals surface area contributed by atoms with Crippen LogP contribution in [0.2, 0.25) is 0 Å². The average Bonchev–Trinajstić information content (AvgIpc) is 3.46. The number of imidazole rings is 1. The van der Waals surface area contributed by atoms with Crippen molar-refractivity contribution in [3.8, 4) is 22.6 Å². The van der Waals surface area contributed by atoms with E-state index in [-0.39, 0.29) is 5.69 Å². The molecule has 3 aromatic heterocycles. The van der Waals surface area contributed by atoms with Gasteiger partial charge in [0.1, 0.15) is 5.69 Å². The molecular formula is C25H31N7O. The Labute approximate surface area is 193 Å². The molecule has 0 saturated carbocycles. The standard InChI is InChI=1S/C25H31N7O/c1-4-5-7-21-17-31(15-13-18(2)3)25(33)32(21)16-19-9-11-20(12-10-19)22-8-6-14-26-23(22)24-27-29-30-28-24/h6,8-12,14,17-18H,4-5,7,13,15-16H2,1-3H3,(H,27,28,29,30). The molecule has 1 aromatic carbocycles. The Morgan fingerprint density at radius 2 is 1.94 bits per heavy atom. The lowest BCUT2D eigenvalue weighted by Crippen LogP contribution is -2.26. The molecule has 0 aliphatic carbocycles. The second-order valence-electron chi connectivity index (χ2n) is 8.81. The SMILES string of the molecule is CCCCc1cn(CCC(C)C)c(=O)n1Cc1ccc(-c2cccnc2-c2nnn[nH]2)cc1. The van der Waals surface area contributed by atoms with Crippen molar-refractivity contribution >= 4 is 0 Å². The zero-order valence-electron chi connectivity index (χ0n) is 19.5. The summed E-state index contributed by atoms with van der Waals surface area (Å²) in [4.78, 5) is 17.6. The van der Waals surface area contributed by atoms with Gasteiger partial charge in [0.15, 0.2) is 5.82 Å². The van der Waals surface area contributed by atoms with Gasteiger partial charge in [0.2, 0.25) is 0 Å². The van der Waals surface area contributed by atoms with Gasteiger partial charge in [-0.25, -0.2) is 9.89 Å². The Morgan fingerprint density at radius 1 is 1.12 bits per heavy atom. The van der Waals surface area contributed by atoms with Crippen LogP contribution in [0.4, 0.5) is 0 Å². The van der Waals surface area contributed by atoms with Crippen LogP contribution in [0.5, 0.6) is 0 Å². The third-order valence-electron chi connectivity index (χ3n) is 5.84. The van der Waals surface area contributed by atoms with Gasteiger partial charge >= 0.3 is 5.69 Å². The molecule has 8 nitrogen and oxygen atoms in total. The first-order valence-corrected chi connectivity index (χ1v) is 11.6. The smallest absolute Gasteiger partial charge is 0.299 e. The third-order valence-corrected chi connectivity index (χ3v) is 5.84. The van der Waals surface area contributed by atoms with Gasteiger partial charge in [-0.1, -0.05) is 57.5 Å². The van der Waals surface area contributed by atoms with Gasteiger partial charge in [0, 0.05) is 30.2 Å². The van der Waals surface area contributed by atoms with Crippen molar-refractivity contribution < 1.29 is 0 Å². The van der Waals surface area contributed by atoms with Crippen LogP contribution in [-0.4, -0.2) is 34.7 Å². The summed E-state index contributed by atoms with van der Waals surface area (Å²) in [6.07, 6.45) is 7.88. The van der Waals surface area contributed by atoms with E-state index in [9.17, 15) is 4.79 Å². The highest BCUT2D eigenvalue weighted by Gasteiger charge is 2.14. The number of aromatic amines is 1. The quantitative estimate of drug-likeness (QED) is 0.392. The van der Waals surface area contributed by atoms with Crippen LogP contribution in [0.25, 0.3) is 22.6 Å². The molecule has 0 aliphatic rings. The minimum absolute atomic E-state index is 0.0817. The second-order valence-corrected chi connectivity index (χ2v) is 8.81. The van der Waals surface area contributed by atoms with Crippen molar-refractivity contribution in [3.05, 3.63) is 70.5 Å². The zero-order chi connectivity index (χ0) is 23.2. The fourth-order valence-corrected chi connectivity index (χ4v) is 3.93. The van der Waals surface area contributed by atoms with Crippen LogP contribution in [0.1, 0.15) is 51.3 Å². The molecule has 4 rings (SSSR count). The van der Waals surface area contributed by atoms with E-state index < -0.39 is 0 Å². The monoisotopic (exact) mass is 445 g/mol. The summed E-state index contributed by atoms with van der Waals surface area (Å²) in [5, 5.41) is 14.1. The number of H-pyrrole nitrogens is 1. The number of aromatic nitrogens is 7. The first-order valence-electron chi connectivity index (χ1n) is 11.6. The Hall–Kier alpha value is -3.55. The molecule has 33 heavy (non-hydrogen) atoms. The van der Waals surface area contributed by atoms with Gasteiger partial charge in [-0.05, 0) is 52.8 Å². The van der Waals surface area contributed by atoms with Crippen molar-refractivity contribution in [2.45, 2.75) is 59.5 Å². The Kier molecular flexibility index (Phi) is 7.12. The predicted molar refractivity (Wildman–Crippen MR) is 129 cm³/mol. The normalized spacial score (nSPS) is 11.4. The summed E-state index contributed by atoms with van der Waals surface area (Å²) in [5.74, 6) is 1.10. The minimum Gasteiger partial charge on any atom is -0.299 e. The zero-order valence-corrected chi connectivity index (χ0v) is 19.5. The molecule has 0 fully saturated rings. The van der Waals surface area contributed by atoms with Crippen molar-refractivity contribution in [1.29, 1.82) is 0 Å². The Bertz CT molecular complexity index is 1220. The summed E-state index contributed by atoms with van der Waals surface area (Å²) in [5.41, 5.74) is 4.96. The molecular weight excluding hydrogens is 414 g/mol. The van der Waals surface area contributed by atoms with E-state index in [4.69, 9.17) is 0 Å². The summed E-state index contributed by atoms with van der Waals surface area (Å²) in [7, 11) is 0. The molecule has 3 heterocycles. The molecule has 0 unspecified atom stereocenters. The number of hydrogen-bond donors (Lipinski definition) is 1. The fraction of sp³-hybridized carbons (Fsp3) is 0.400. The van der Waals surface area contributed by atoms with Crippen molar-refractivity contribution in [2.24, 2.45) is 5.92 Å². The fourth-order valence-electron chi connectivity index (χ4n) is 3.93. The molecule has 172 valence electrons. The first-order chi connectivity index (χ1) is 16.1. The van der Waals surface area contributed by atoms with Gasteiger partial charge in [-0.15, -0.1) is 5.10 Å². The maximum atomic E-state index is 13.1. The van der Waals surface area contributed by atoms with Crippen LogP contribution >= 0.6 is 0 Å². The summed E-state index contributed by atoms with van der Waals surface area (Å²) in [6, 6.07) is 12.2. The first kappa shape index (κ1) is 22.6. The minimum atomic E-state index is 0.0817. The molecule has 1 N–H and O–H groups in total. The number of rotatable bonds is 10. The lowest BCUT2D eigenvalue weighted by molar-refractivity contribution is 0.502. The number of pyridine rings is 1. The van der Waals surface area contributed by atoms with Crippen LogP contribution < -0.4 is 5.69 Å². The van der Waals surface area contributed by atoms with Crippen molar-refractivity contribution in [1.82, 2.24) is 34.7 Å². The van der Waals surface area contributed by atoms with E-state index in [0.29, 0.717) is 24.0 Å². The predicted octanol–water partition coefficient (Wildman–Crippen LogP) is 4.33. The molecule has 0 spiro atoms. The topological polar surface area (TPSA) is 94.3 Å². The van der Waals surface area contributed by atoms with Crippen LogP contribution in [0.15, 0.2) is 53.6 Å². The number of hydrogen-bond acceptors (Lipinski definition) is 5. The molecule has 0 radical (unpaired) electrons. The van der Waals surface area contributed by atoms with E-state index >= 15 is 0 Å². The maximum Gasteiger partial charge on any atom is 0.328 e. The van der Waals surface area contributed by atoms with E-state index in [1.54, 1.807) is 6.20 Å². The van der Waals surface area contributed by atoms with Gasteiger partial charge in [-0.3, -0.25) is 14.1 Å². The van der Waals surface area contributed by atoms with E-state index in [0.717, 1.165) is 54.6 Å². The van der Waals surface area contributed by atoms with Gasteiger partial charge in [0.25, 0.3) is 0 Å². The van der Waals surface area contributed by atoms with Crippen LogP contribution in [0.3, 0.4) is 0 Å². The molecule has 0 bridgehead atoms. The highest BCUT2D eigenvalue weighted by molar-refractivity contribution is 5.77. The van der Waals surface area contributed by atoms with Gasteiger partial charge < -0.3 is 0 Å². The van der Waals surface area contributed by atoms with E-state index in [1.807, 2.05) is 21.3 Å². The van der Waals surface area contributed by atoms with E-state index in [2.05, 4.69) is 76.8 Å². The molecule has 0 atom stereocenters. The van der Waals surface area contributed by atoms with Crippen molar-refractivity contribution in [2.75, 3.05) is 0 Å². The summed E-state index contributed by atoms with van der Waals surface area (Å²) >= 11 is 0. The van der Waals surface area contributed by atoms with Crippen LogP contribution in [0, 0.1) is 5.92 Å². The largest absolute Gasteiger partial charge is 0.328 e. The molecule has 0 amide bonds. The molecule has 0 saturated heterocycles. The third kappa shape index (κ3) is 5.27. The number of unbranched alkanes of at least 4 members (excludes halogenated alkanes) is 1. The summed E-state index contributed by atoms with van der Waals surface area (Å²) < 4.78 is 3.81. The second kappa shape index (κ2) is 10.4. The number of nitrogens with one attached hydrogen (secondary N) is 1. The van der Waals surface area contributed by atoms with Crippen molar-refractivity contribution in [3.63, 3.8) is 0 Å². The number of benzene rings is 1.